The third-order valence-corrected chi connectivity index (χ3v) is 5.06. The highest BCUT2D eigenvalue weighted by molar-refractivity contribution is 7.99. The average Bonchev–Trinajstić information content (AvgIpc) is 3.25. The lowest BCUT2D eigenvalue weighted by atomic mass is 10.1. The van der Waals surface area contributed by atoms with E-state index in [0.717, 1.165) is 12.0 Å². The third-order valence-electron chi connectivity index (χ3n) is 3.31. The molecule has 0 bridgehead atoms. The molecule has 0 radical (unpaired) electrons. The molecule has 24 heavy (non-hydrogen) atoms. The van der Waals surface area contributed by atoms with Gasteiger partial charge in [-0.3, -0.25) is 4.79 Å². The Balaban J connectivity index is 1.44. The van der Waals surface area contributed by atoms with Gasteiger partial charge < -0.3 is 9.73 Å². The van der Waals surface area contributed by atoms with Crippen molar-refractivity contribution in [2.75, 3.05) is 12.3 Å². The van der Waals surface area contributed by atoms with Gasteiger partial charge >= 0.3 is 0 Å². The summed E-state index contributed by atoms with van der Waals surface area (Å²) in [4.78, 5) is 13.1. The zero-order chi connectivity index (χ0) is 16.8. The summed E-state index contributed by atoms with van der Waals surface area (Å²) in [6, 6.07) is 11.9. The molecule has 3 aromatic rings. The second kappa shape index (κ2) is 8.12. The number of nitrogens with one attached hydrogen (secondary N) is 1. The molecule has 124 valence electrons. The monoisotopic (exact) mass is 359 g/mol. The Bertz CT molecular complexity index is 783. The molecule has 1 aromatic carbocycles. The number of aryl methyl sites for hydroxylation is 1. The van der Waals surface area contributed by atoms with E-state index in [0.29, 0.717) is 17.7 Å². The van der Waals surface area contributed by atoms with Crippen molar-refractivity contribution >= 4 is 29.0 Å². The van der Waals surface area contributed by atoms with Crippen LogP contribution in [0.4, 0.5) is 0 Å². The first-order valence-electron chi connectivity index (χ1n) is 7.53. The largest absolute Gasteiger partial charge is 0.411 e. The minimum atomic E-state index is -0.0355. The summed E-state index contributed by atoms with van der Waals surface area (Å²) in [7, 11) is 0. The number of thioether (sulfide) groups is 1. The van der Waals surface area contributed by atoms with Crippen molar-refractivity contribution in [1.29, 1.82) is 0 Å². The lowest BCUT2D eigenvalue weighted by Crippen LogP contribution is -2.27. The minimum absolute atomic E-state index is 0.0355. The van der Waals surface area contributed by atoms with Crippen molar-refractivity contribution in [3.63, 3.8) is 0 Å². The van der Waals surface area contributed by atoms with Gasteiger partial charge in [0.25, 0.3) is 5.22 Å². The molecule has 0 unspecified atom stereocenters. The minimum Gasteiger partial charge on any atom is -0.411 e. The molecule has 3 rings (SSSR count). The van der Waals surface area contributed by atoms with Gasteiger partial charge in [-0.25, -0.2) is 0 Å². The van der Waals surface area contributed by atoms with Gasteiger partial charge in [0.15, 0.2) is 0 Å². The third kappa shape index (κ3) is 4.69. The second-order valence-electron chi connectivity index (χ2n) is 5.21. The van der Waals surface area contributed by atoms with Crippen molar-refractivity contribution in [1.82, 2.24) is 15.5 Å². The van der Waals surface area contributed by atoms with Gasteiger partial charge in [0.05, 0.1) is 5.75 Å². The molecule has 0 fully saturated rings. The second-order valence-corrected chi connectivity index (χ2v) is 7.17. The smallest absolute Gasteiger partial charge is 0.277 e. The van der Waals surface area contributed by atoms with E-state index >= 15 is 0 Å². The summed E-state index contributed by atoms with van der Waals surface area (Å²) in [5, 5.41) is 13.3. The van der Waals surface area contributed by atoms with E-state index in [4.69, 9.17) is 4.42 Å². The van der Waals surface area contributed by atoms with Crippen LogP contribution in [0.25, 0.3) is 11.5 Å². The molecule has 0 spiro atoms. The number of benzene rings is 1. The predicted molar refractivity (Wildman–Crippen MR) is 96.2 cm³/mol. The molecule has 0 aliphatic rings. The lowest BCUT2D eigenvalue weighted by Gasteiger charge is -2.02. The SMILES string of the molecule is Cc1ccc(-c2nnc(SCC(=O)NCCc3cccs3)o2)cc1. The number of rotatable bonds is 7. The highest BCUT2D eigenvalue weighted by atomic mass is 32.2. The van der Waals surface area contributed by atoms with Gasteiger partial charge in [-0.2, -0.15) is 0 Å². The van der Waals surface area contributed by atoms with Gasteiger partial charge in [0.2, 0.25) is 11.8 Å². The molecule has 2 aromatic heterocycles. The maximum Gasteiger partial charge on any atom is 0.277 e. The van der Waals surface area contributed by atoms with Crippen molar-refractivity contribution in [2.45, 2.75) is 18.6 Å². The zero-order valence-corrected chi connectivity index (χ0v) is 14.8. The standard InChI is InChI=1S/C17H17N3O2S2/c1-12-4-6-13(7-5-12)16-19-20-17(22-16)24-11-15(21)18-9-8-14-3-2-10-23-14/h2-7,10H,8-9,11H2,1H3,(H,18,21). The highest BCUT2D eigenvalue weighted by Crippen LogP contribution is 2.23. The van der Waals surface area contributed by atoms with Gasteiger partial charge in [-0.1, -0.05) is 35.5 Å². The Morgan fingerprint density at radius 3 is 2.83 bits per heavy atom. The van der Waals surface area contributed by atoms with E-state index in [9.17, 15) is 4.79 Å². The Morgan fingerprint density at radius 1 is 1.25 bits per heavy atom. The van der Waals surface area contributed by atoms with E-state index in [1.807, 2.05) is 42.6 Å². The van der Waals surface area contributed by atoms with Crippen LogP contribution < -0.4 is 5.32 Å². The topological polar surface area (TPSA) is 68.0 Å². The van der Waals surface area contributed by atoms with Crippen LogP contribution in [0.2, 0.25) is 0 Å². The molecule has 0 atom stereocenters. The normalized spacial score (nSPS) is 10.7. The quantitative estimate of drug-likeness (QED) is 0.653. The van der Waals surface area contributed by atoms with Crippen LogP contribution in [-0.2, 0) is 11.2 Å². The van der Waals surface area contributed by atoms with E-state index in [2.05, 4.69) is 21.6 Å². The van der Waals surface area contributed by atoms with Crippen molar-refractivity contribution in [3.05, 3.63) is 52.2 Å². The van der Waals surface area contributed by atoms with Crippen molar-refractivity contribution < 1.29 is 9.21 Å². The van der Waals surface area contributed by atoms with Crippen LogP contribution in [-0.4, -0.2) is 28.4 Å². The summed E-state index contributed by atoms with van der Waals surface area (Å²) >= 11 is 2.94. The number of aromatic nitrogens is 2. The molecule has 2 heterocycles. The molecule has 7 heteroatoms. The van der Waals surface area contributed by atoms with E-state index in [-0.39, 0.29) is 11.7 Å². The van der Waals surface area contributed by atoms with Crippen LogP contribution in [0.5, 0.6) is 0 Å². The molecule has 0 saturated carbocycles. The molecule has 5 nitrogen and oxygen atoms in total. The number of hydrogen-bond acceptors (Lipinski definition) is 6. The van der Waals surface area contributed by atoms with Crippen LogP contribution in [0.15, 0.2) is 51.4 Å². The maximum absolute atomic E-state index is 11.8. The van der Waals surface area contributed by atoms with E-state index in [1.165, 1.54) is 22.2 Å². The lowest BCUT2D eigenvalue weighted by molar-refractivity contribution is -0.118. The molecule has 1 N–H and O–H groups in total. The predicted octanol–water partition coefficient (Wildman–Crippen LogP) is 3.56. The number of thiophene rings is 1. The van der Waals surface area contributed by atoms with Crippen LogP contribution in [0.3, 0.4) is 0 Å². The first kappa shape index (κ1) is 16.7. The van der Waals surface area contributed by atoms with E-state index in [1.54, 1.807) is 11.3 Å². The number of nitrogens with zero attached hydrogens (tertiary/aromatic N) is 2. The van der Waals surface area contributed by atoms with E-state index < -0.39 is 0 Å². The Morgan fingerprint density at radius 2 is 2.08 bits per heavy atom. The Hall–Kier alpha value is -2.12. The summed E-state index contributed by atoms with van der Waals surface area (Å²) in [6.45, 7) is 2.66. The number of hydrogen-bond donors (Lipinski definition) is 1. The maximum atomic E-state index is 11.8. The summed E-state index contributed by atoms with van der Waals surface area (Å²) in [5.41, 5.74) is 2.05. The summed E-state index contributed by atoms with van der Waals surface area (Å²) in [6.07, 6.45) is 0.853. The molecule has 0 saturated heterocycles. The van der Waals surface area contributed by atoms with Gasteiger partial charge in [-0.05, 0) is 36.9 Å². The van der Waals surface area contributed by atoms with Gasteiger partial charge in [-0.15, -0.1) is 21.5 Å². The van der Waals surface area contributed by atoms with Crippen molar-refractivity contribution in [3.8, 4) is 11.5 Å². The molecule has 0 aliphatic heterocycles. The van der Waals surface area contributed by atoms with Crippen molar-refractivity contribution in [2.24, 2.45) is 0 Å². The fourth-order valence-electron chi connectivity index (χ4n) is 2.04. The van der Waals surface area contributed by atoms with Crippen LogP contribution >= 0.6 is 23.1 Å². The number of carbonyl (C=O) groups excluding carboxylic acids is 1. The van der Waals surface area contributed by atoms with Gasteiger partial charge in [0.1, 0.15) is 0 Å². The fraction of sp³-hybridized carbons (Fsp3) is 0.235. The number of amides is 1. The molecular formula is C17H17N3O2S2. The van der Waals surface area contributed by atoms with Crippen LogP contribution in [0.1, 0.15) is 10.4 Å². The highest BCUT2D eigenvalue weighted by Gasteiger charge is 2.11. The average molecular weight is 359 g/mol. The van der Waals surface area contributed by atoms with Crippen LogP contribution in [0, 0.1) is 6.92 Å². The first-order valence-corrected chi connectivity index (χ1v) is 9.39. The Kier molecular flexibility index (Phi) is 5.66. The Labute approximate surface area is 148 Å². The summed E-state index contributed by atoms with van der Waals surface area (Å²) < 4.78 is 5.59. The van der Waals surface area contributed by atoms with Gasteiger partial charge in [0, 0.05) is 17.0 Å². The molecular weight excluding hydrogens is 342 g/mol. The zero-order valence-electron chi connectivity index (χ0n) is 13.2. The molecule has 1 amide bonds. The molecule has 0 aliphatic carbocycles. The first-order chi connectivity index (χ1) is 11.7. The summed E-state index contributed by atoms with van der Waals surface area (Å²) in [5.74, 6) is 0.696. The number of carbonyl (C=O) groups is 1. The fourth-order valence-corrected chi connectivity index (χ4v) is 3.34.